The first-order valence-electron chi connectivity index (χ1n) is 8.87. The highest BCUT2D eigenvalue weighted by Gasteiger charge is 2.10. The highest BCUT2D eigenvalue weighted by atomic mass is 16.5. The van der Waals surface area contributed by atoms with Crippen LogP contribution in [0, 0.1) is 0 Å². The molecule has 1 aliphatic rings. The molecule has 0 atom stereocenters. The molecule has 2 aromatic carbocycles. The highest BCUT2D eigenvalue weighted by molar-refractivity contribution is 5.84. The molecule has 7 heteroatoms. The molecular weight excluding hydrogens is 344 g/mol. The van der Waals surface area contributed by atoms with Gasteiger partial charge in [-0.2, -0.15) is 5.10 Å². The van der Waals surface area contributed by atoms with Gasteiger partial charge in [-0.3, -0.25) is 4.79 Å². The van der Waals surface area contributed by atoms with Gasteiger partial charge in [0.1, 0.15) is 5.75 Å². The summed E-state index contributed by atoms with van der Waals surface area (Å²) < 4.78 is 10.5. The Labute approximate surface area is 159 Å². The third-order valence-electron chi connectivity index (χ3n) is 4.19. The van der Waals surface area contributed by atoms with Crippen LogP contribution in [0.15, 0.2) is 53.6 Å². The molecule has 142 valence electrons. The second-order valence-electron chi connectivity index (χ2n) is 6.07. The van der Waals surface area contributed by atoms with Crippen molar-refractivity contribution in [2.24, 2.45) is 5.10 Å². The van der Waals surface area contributed by atoms with E-state index in [1.54, 1.807) is 13.3 Å². The minimum Gasteiger partial charge on any atom is -0.497 e. The summed E-state index contributed by atoms with van der Waals surface area (Å²) in [5.41, 5.74) is 5.42. The number of benzene rings is 2. The van der Waals surface area contributed by atoms with Crippen molar-refractivity contribution < 1.29 is 14.3 Å². The number of amides is 1. The lowest BCUT2D eigenvalue weighted by molar-refractivity contribution is -0.119. The molecule has 27 heavy (non-hydrogen) atoms. The second-order valence-corrected chi connectivity index (χ2v) is 6.07. The van der Waals surface area contributed by atoms with Gasteiger partial charge in [-0.05, 0) is 29.8 Å². The predicted octanol–water partition coefficient (Wildman–Crippen LogP) is 2.09. The smallest absolute Gasteiger partial charge is 0.259 e. The molecule has 0 radical (unpaired) electrons. The normalized spacial score (nSPS) is 14.2. The van der Waals surface area contributed by atoms with Crippen LogP contribution in [-0.4, -0.2) is 52.1 Å². The number of anilines is 2. The maximum Gasteiger partial charge on any atom is 0.259 e. The third-order valence-corrected chi connectivity index (χ3v) is 4.19. The maximum absolute atomic E-state index is 11.9. The van der Waals surface area contributed by atoms with Crippen LogP contribution in [0.4, 0.5) is 11.4 Å². The SMILES string of the molecule is COc1cccc(NCC(=O)N/N=C\c2ccc(N3CCOCC3)cc2)c1. The van der Waals surface area contributed by atoms with Crippen LogP contribution in [0.25, 0.3) is 0 Å². The Morgan fingerprint density at radius 2 is 2.00 bits per heavy atom. The molecule has 1 heterocycles. The van der Waals surface area contributed by atoms with Crippen LogP contribution in [0.5, 0.6) is 5.75 Å². The molecule has 0 bridgehead atoms. The molecular formula is C20H24N4O3. The standard InChI is InChI=1S/C20H24N4O3/c1-26-19-4-2-3-17(13-19)21-15-20(25)23-22-14-16-5-7-18(8-6-16)24-9-11-27-12-10-24/h2-8,13-14,21H,9-12,15H2,1H3,(H,23,25)/b22-14-. The van der Waals surface area contributed by atoms with Crippen LogP contribution in [0.3, 0.4) is 0 Å². The number of hydrazone groups is 1. The van der Waals surface area contributed by atoms with Gasteiger partial charge in [-0.25, -0.2) is 5.43 Å². The van der Waals surface area contributed by atoms with E-state index in [0.717, 1.165) is 43.3 Å². The van der Waals surface area contributed by atoms with Crippen molar-refractivity contribution in [3.05, 3.63) is 54.1 Å². The van der Waals surface area contributed by atoms with E-state index in [4.69, 9.17) is 9.47 Å². The molecule has 0 saturated carbocycles. The first-order valence-corrected chi connectivity index (χ1v) is 8.87. The van der Waals surface area contributed by atoms with Gasteiger partial charge in [0.25, 0.3) is 5.91 Å². The highest BCUT2D eigenvalue weighted by Crippen LogP contribution is 2.17. The first kappa shape index (κ1) is 18.7. The van der Waals surface area contributed by atoms with Gasteiger partial charge in [0.15, 0.2) is 0 Å². The van der Waals surface area contributed by atoms with E-state index < -0.39 is 0 Å². The van der Waals surface area contributed by atoms with Crippen molar-refractivity contribution in [1.29, 1.82) is 0 Å². The molecule has 2 N–H and O–H groups in total. The van der Waals surface area contributed by atoms with Crippen molar-refractivity contribution in [2.45, 2.75) is 0 Å². The van der Waals surface area contributed by atoms with E-state index in [-0.39, 0.29) is 12.5 Å². The minimum atomic E-state index is -0.223. The number of carbonyl (C=O) groups excluding carboxylic acids is 1. The van der Waals surface area contributed by atoms with Gasteiger partial charge < -0.3 is 19.7 Å². The molecule has 1 aliphatic heterocycles. The summed E-state index contributed by atoms with van der Waals surface area (Å²) in [7, 11) is 1.61. The monoisotopic (exact) mass is 368 g/mol. The fraction of sp³-hybridized carbons (Fsp3) is 0.300. The Kier molecular flexibility index (Phi) is 6.65. The van der Waals surface area contributed by atoms with Gasteiger partial charge >= 0.3 is 0 Å². The Morgan fingerprint density at radius 1 is 1.22 bits per heavy atom. The number of morpholine rings is 1. The lowest BCUT2D eigenvalue weighted by Crippen LogP contribution is -2.36. The average molecular weight is 368 g/mol. The molecule has 3 rings (SSSR count). The molecule has 0 unspecified atom stereocenters. The minimum absolute atomic E-state index is 0.125. The van der Waals surface area contributed by atoms with E-state index in [1.165, 1.54) is 5.69 Å². The van der Waals surface area contributed by atoms with Crippen molar-refractivity contribution in [1.82, 2.24) is 5.43 Å². The Hall–Kier alpha value is -3.06. The molecule has 7 nitrogen and oxygen atoms in total. The van der Waals surface area contributed by atoms with Crippen LogP contribution >= 0.6 is 0 Å². The summed E-state index contributed by atoms with van der Waals surface area (Å²) in [6, 6.07) is 15.5. The van der Waals surface area contributed by atoms with E-state index in [1.807, 2.05) is 36.4 Å². The number of ether oxygens (including phenoxy) is 2. The van der Waals surface area contributed by atoms with Gasteiger partial charge in [0.2, 0.25) is 0 Å². The number of nitrogens with one attached hydrogen (secondary N) is 2. The average Bonchev–Trinajstić information content (AvgIpc) is 2.73. The predicted molar refractivity (Wildman–Crippen MR) is 107 cm³/mol. The Balaban J connectivity index is 1.44. The summed E-state index contributed by atoms with van der Waals surface area (Å²) >= 11 is 0. The van der Waals surface area contributed by atoms with Crippen molar-refractivity contribution in [3.63, 3.8) is 0 Å². The molecule has 0 aliphatic carbocycles. The number of carbonyl (C=O) groups is 1. The number of nitrogens with zero attached hydrogens (tertiary/aromatic N) is 2. The van der Waals surface area contributed by atoms with Crippen LogP contribution in [-0.2, 0) is 9.53 Å². The van der Waals surface area contributed by atoms with E-state index >= 15 is 0 Å². The van der Waals surface area contributed by atoms with Gasteiger partial charge in [-0.15, -0.1) is 0 Å². The fourth-order valence-electron chi connectivity index (χ4n) is 2.73. The van der Waals surface area contributed by atoms with Crippen molar-refractivity contribution >= 4 is 23.5 Å². The number of hydrogen-bond acceptors (Lipinski definition) is 6. The first-order chi connectivity index (χ1) is 13.2. The van der Waals surface area contributed by atoms with Crippen LogP contribution in [0.2, 0.25) is 0 Å². The molecule has 1 fully saturated rings. The van der Waals surface area contributed by atoms with Gasteiger partial charge in [-0.1, -0.05) is 18.2 Å². The Bertz CT molecular complexity index is 771. The van der Waals surface area contributed by atoms with Gasteiger partial charge in [0.05, 0.1) is 33.1 Å². The third kappa shape index (κ3) is 5.72. The second kappa shape index (κ2) is 9.59. The van der Waals surface area contributed by atoms with Crippen LogP contribution in [0.1, 0.15) is 5.56 Å². The zero-order valence-corrected chi connectivity index (χ0v) is 15.4. The lowest BCUT2D eigenvalue weighted by atomic mass is 10.2. The molecule has 1 saturated heterocycles. The summed E-state index contributed by atoms with van der Waals surface area (Å²) in [6.45, 7) is 3.46. The molecule has 0 spiro atoms. The van der Waals surface area contributed by atoms with Crippen molar-refractivity contribution in [2.75, 3.05) is 50.2 Å². The summed E-state index contributed by atoms with van der Waals surface area (Å²) in [5, 5.41) is 7.04. The van der Waals surface area contributed by atoms with E-state index in [0.29, 0.717) is 0 Å². The number of rotatable bonds is 7. The maximum atomic E-state index is 11.9. The van der Waals surface area contributed by atoms with Gasteiger partial charge in [0, 0.05) is 30.5 Å². The zero-order chi connectivity index (χ0) is 18.9. The fourth-order valence-corrected chi connectivity index (χ4v) is 2.73. The zero-order valence-electron chi connectivity index (χ0n) is 15.4. The molecule has 2 aromatic rings. The molecule has 1 amide bonds. The number of methoxy groups -OCH3 is 1. The summed E-state index contributed by atoms with van der Waals surface area (Å²) in [5.74, 6) is 0.512. The van der Waals surface area contributed by atoms with Crippen molar-refractivity contribution in [3.8, 4) is 5.75 Å². The number of hydrogen-bond donors (Lipinski definition) is 2. The lowest BCUT2D eigenvalue weighted by Gasteiger charge is -2.28. The quantitative estimate of drug-likeness (QED) is 0.578. The topological polar surface area (TPSA) is 75.2 Å². The van der Waals surface area contributed by atoms with E-state index in [2.05, 4.69) is 32.9 Å². The largest absolute Gasteiger partial charge is 0.497 e. The molecule has 0 aromatic heterocycles. The Morgan fingerprint density at radius 3 is 2.74 bits per heavy atom. The van der Waals surface area contributed by atoms with Crippen LogP contribution < -0.4 is 20.4 Å². The summed E-state index contributed by atoms with van der Waals surface area (Å²) in [4.78, 5) is 14.2. The summed E-state index contributed by atoms with van der Waals surface area (Å²) in [6.07, 6.45) is 1.63. The van der Waals surface area contributed by atoms with E-state index in [9.17, 15) is 4.79 Å².